The molecule has 2 unspecified atom stereocenters. The van der Waals surface area contributed by atoms with Gasteiger partial charge in [-0.3, -0.25) is 4.79 Å². The van der Waals surface area contributed by atoms with Crippen molar-refractivity contribution < 1.29 is 18.7 Å². The fourth-order valence-electron chi connectivity index (χ4n) is 2.55. The predicted molar refractivity (Wildman–Crippen MR) is 77.5 cm³/mol. The van der Waals surface area contributed by atoms with Crippen LogP contribution >= 0.6 is 0 Å². The highest BCUT2D eigenvalue weighted by Gasteiger charge is 2.23. The molecule has 2 N–H and O–H groups in total. The van der Waals surface area contributed by atoms with Crippen molar-refractivity contribution in [2.45, 2.75) is 31.8 Å². The number of halogens is 1. The number of hydrogen-bond donors (Lipinski definition) is 2. The highest BCUT2D eigenvalue weighted by atomic mass is 19.1. The van der Waals surface area contributed by atoms with Crippen molar-refractivity contribution in [1.82, 2.24) is 10.6 Å². The molecule has 1 aliphatic rings. The fourth-order valence-corrected chi connectivity index (χ4v) is 2.55. The summed E-state index contributed by atoms with van der Waals surface area (Å²) in [6.07, 6.45) is 1.67. The molecular weight excluding hydrogens is 275 g/mol. The van der Waals surface area contributed by atoms with Crippen LogP contribution in [0.2, 0.25) is 0 Å². The third kappa shape index (κ3) is 3.64. The minimum atomic E-state index is -0.618. The average Bonchev–Trinajstić information content (AvgIpc) is 2.46. The van der Waals surface area contributed by atoms with Crippen LogP contribution in [-0.2, 0) is 0 Å². The summed E-state index contributed by atoms with van der Waals surface area (Å²) in [7, 11) is 2.87. The summed E-state index contributed by atoms with van der Waals surface area (Å²) in [6.45, 7) is 2.91. The summed E-state index contributed by atoms with van der Waals surface area (Å²) >= 11 is 0. The number of ether oxygens (including phenoxy) is 2. The van der Waals surface area contributed by atoms with Crippen molar-refractivity contribution in [3.05, 3.63) is 23.5 Å². The molecule has 5 nitrogen and oxygen atoms in total. The van der Waals surface area contributed by atoms with Crippen LogP contribution in [0.4, 0.5) is 4.39 Å². The number of nitrogens with one attached hydrogen (secondary N) is 2. The molecule has 1 saturated heterocycles. The van der Waals surface area contributed by atoms with Gasteiger partial charge in [0, 0.05) is 18.2 Å². The largest absolute Gasteiger partial charge is 0.493 e. The number of hydrogen-bond acceptors (Lipinski definition) is 4. The minimum absolute atomic E-state index is 0.0289. The van der Waals surface area contributed by atoms with E-state index in [9.17, 15) is 9.18 Å². The summed E-state index contributed by atoms with van der Waals surface area (Å²) < 4.78 is 24.1. The first-order valence-electron chi connectivity index (χ1n) is 7.01. The number of methoxy groups -OCH3 is 2. The summed E-state index contributed by atoms with van der Waals surface area (Å²) in [5.74, 6) is -0.440. The molecule has 2 atom stereocenters. The lowest BCUT2D eigenvalue weighted by atomic mass is 10.00. The maximum Gasteiger partial charge on any atom is 0.254 e. The number of carbonyl (C=O) groups is 1. The molecule has 2 rings (SSSR count). The van der Waals surface area contributed by atoms with Crippen molar-refractivity contribution in [2.24, 2.45) is 0 Å². The molecule has 1 heterocycles. The lowest BCUT2D eigenvalue weighted by Crippen LogP contribution is -2.46. The van der Waals surface area contributed by atoms with E-state index < -0.39 is 11.7 Å². The lowest BCUT2D eigenvalue weighted by molar-refractivity contribution is 0.0921. The number of benzene rings is 1. The molecule has 21 heavy (non-hydrogen) atoms. The molecule has 1 aliphatic heterocycles. The summed E-state index contributed by atoms with van der Waals surface area (Å²) in [5, 5.41) is 6.19. The Kier molecular flexibility index (Phi) is 5.01. The predicted octanol–water partition coefficient (Wildman–Crippen LogP) is 1.71. The molecule has 0 aromatic heterocycles. The Balaban J connectivity index is 2.15. The second kappa shape index (κ2) is 6.76. The highest BCUT2D eigenvalue weighted by molar-refractivity contribution is 5.95. The fraction of sp³-hybridized carbons (Fsp3) is 0.533. The normalized spacial score (nSPS) is 21.7. The van der Waals surface area contributed by atoms with Gasteiger partial charge in [0.15, 0.2) is 11.5 Å². The Morgan fingerprint density at radius 2 is 2.00 bits per heavy atom. The van der Waals surface area contributed by atoms with E-state index in [1.807, 2.05) is 0 Å². The summed E-state index contributed by atoms with van der Waals surface area (Å²) in [6, 6.07) is 2.94. The van der Waals surface area contributed by atoms with Gasteiger partial charge in [0.2, 0.25) is 0 Å². The Morgan fingerprint density at radius 3 is 2.62 bits per heavy atom. The van der Waals surface area contributed by atoms with E-state index in [0.29, 0.717) is 11.8 Å². The zero-order valence-electron chi connectivity index (χ0n) is 12.5. The number of carbonyl (C=O) groups excluding carboxylic acids is 1. The molecule has 0 bridgehead atoms. The van der Waals surface area contributed by atoms with Gasteiger partial charge in [0.05, 0.1) is 19.8 Å². The molecule has 0 radical (unpaired) electrons. The van der Waals surface area contributed by atoms with Crippen molar-refractivity contribution >= 4 is 5.91 Å². The highest BCUT2D eigenvalue weighted by Crippen LogP contribution is 2.29. The maximum absolute atomic E-state index is 14.0. The van der Waals surface area contributed by atoms with Crippen LogP contribution in [0.3, 0.4) is 0 Å². The van der Waals surface area contributed by atoms with Crippen molar-refractivity contribution in [3.8, 4) is 11.5 Å². The van der Waals surface area contributed by atoms with Crippen LogP contribution in [-0.4, -0.2) is 38.8 Å². The van der Waals surface area contributed by atoms with E-state index in [-0.39, 0.29) is 17.4 Å². The van der Waals surface area contributed by atoms with Gasteiger partial charge >= 0.3 is 0 Å². The topological polar surface area (TPSA) is 59.6 Å². The number of rotatable bonds is 4. The van der Waals surface area contributed by atoms with Crippen molar-refractivity contribution in [3.63, 3.8) is 0 Å². The molecule has 0 spiro atoms. The van der Waals surface area contributed by atoms with Crippen molar-refractivity contribution in [2.75, 3.05) is 20.8 Å². The Morgan fingerprint density at radius 1 is 1.33 bits per heavy atom. The first-order chi connectivity index (χ1) is 10.0. The average molecular weight is 296 g/mol. The van der Waals surface area contributed by atoms with Gasteiger partial charge in [0.1, 0.15) is 5.82 Å². The quantitative estimate of drug-likeness (QED) is 0.888. The molecule has 1 aromatic carbocycles. The van der Waals surface area contributed by atoms with Crippen LogP contribution in [0.1, 0.15) is 30.1 Å². The van der Waals surface area contributed by atoms with E-state index in [2.05, 4.69) is 17.6 Å². The summed E-state index contributed by atoms with van der Waals surface area (Å²) in [5.41, 5.74) is -0.0289. The van der Waals surface area contributed by atoms with Crippen LogP contribution in [0.15, 0.2) is 12.1 Å². The summed E-state index contributed by atoms with van der Waals surface area (Å²) in [4.78, 5) is 12.2. The van der Waals surface area contributed by atoms with E-state index in [0.717, 1.165) is 19.4 Å². The van der Waals surface area contributed by atoms with Crippen LogP contribution in [0.5, 0.6) is 11.5 Å². The zero-order valence-corrected chi connectivity index (χ0v) is 12.5. The molecule has 1 aromatic rings. The zero-order chi connectivity index (χ0) is 15.4. The number of amides is 1. The minimum Gasteiger partial charge on any atom is -0.493 e. The van der Waals surface area contributed by atoms with Gasteiger partial charge in [0.25, 0.3) is 5.91 Å². The van der Waals surface area contributed by atoms with Crippen LogP contribution in [0, 0.1) is 5.82 Å². The standard InChI is InChI=1S/C15H21FN2O3/c1-9-6-10(4-5-17-9)18-15(19)11-7-13(20-2)14(21-3)8-12(11)16/h7-10,17H,4-6H2,1-3H3,(H,18,19). The molecule has 6 heteroatoms. The van der Waals surface area contributed by atoms with E-state index in [1.54, 1.807) is 0 Å². The van der Waals surface area contributed by atoms with Gasteiger partial charge in [-0.05, 0) is 32.4 Å². The monoisotopic (exact) mass is 296 g/mol. The van der Waals surface area contributed by atoms with Gasteiger partial charge in [-0.25, -0.2) is 4.39 Å². The third-order valence-electron chi connectivity index (χ3n) is 3.68. The van der Waals surface area contributed by atoms with Gasteiger partial charge in [-0.15, -0.1) is 0 Å². The first-order valence-corrected chi connectivity index (χ1v) is 7.01. The van der Waals surface area contributed by atoms with E-state index >= 15 is 0 Å². The molecule has 1 fully saturated rings. The smallest absolute Gasteiger partial charge is 0.254 e. The van der Waals surface area contributed by atoms with Gasteiger partial charge in [-0.1, -0.05) is 0 Å². The molecular formula is C15H21FN2O3. The van der Waals surface area contributed by atoms with Gasteiger partial charge in [-0.2, -0.15) is 0 Å². The number of piperidine rings is 1. The second-order valence-corrected chi connectivity index (χ2v) is 5.24. The van der Waals surface area contributed by atoms with Crippen molar-refractivity contribution in [1.29, 1.82) is 0 Å². The third-order valence-corrected chi connectivity index (χ3v) is 3.68. The van der Waals surface area contributed by atoms with Crippen LogP contribution in [0.25, 0.3) is 0 Å². The van der Waals surface area contributed by atoms with E-state index in [1.165, 1.54) is 26.4 Å². The lowest BCUT2D eigenvalue weighted by Gasteiger charge is -2.28. The maximum atomic E-state index is 14.0. The van der Waals surface area contributed by atoms with Crippen LogP contribution < -0.4 is 20.1 Å². The first kappa shape index (κ1) is 15.6. The second-order valence-electron chi connectivity index (χ2n) is 5.24. The Bertz CT molecular complexity index is 522. The SMILES string of the molecule is COc1cc(F)c(C(=O)NC2CCNC(C)C2)cc1OC. The molecule has 1 amide bonds. The van der Waals surface area contributed by atoms with E-state index in [4.69, 9.17) is 9.47 Å². The Labute approximate surface area is 123 Å². The Hall–Kier alpha value is -1.82. The molecule has 0 aliphatic carbocycles. The molecule has 0 saturated carbocycles. The molecule has 116 valence electrons. The van der Waals surface area contributed by atoms with Gasteiger partial charge < -0.3 is 20.1 Å².